The van der Waals surface area contributed by atoms with Gasteiger partial charge >= 0.3 is 39.5 Å². The van der Waals surface area contributed by atoms with E-state index in [-0.39, 0.29) is 25.7 Å². The van der Waals surface area contributed by atoms with Gasteiger partial charge in [-0.15, -0.1) is 0 Å². The van der Waals surface area contributed by atoms with E-state index >= 15 is 0 Å². The molecule has 17 nitrogen and oxygen atoms in total. The van der Waals surface area contributed by atoms with Gasteiger partial charge in [-0.25, -0.2) is 9.13 Å². The highest BCUT2D eigenvalue weighted by molar-refractivity contribution is 7.47. The number of hydrogen-bond acceptors (Lipinski definition) is 15. The lowest BCUT2D eigenvalue weighted by Crippen LogP contribution is -2.30. The van der Waals surface area contributed by atoms with E-state index in [4.69, 9.17) is 37.0 Å². The predicted molar refractivity (Wildman–Crippen MR) is 409 cm³/mol. The zero-order valence-electron chi connectivity index (χ0n) is 65.2. The van der Waals surface area contributed by atoms with E-state index in [1.54, 1.807) is 0 Å². The van der Waals surface area contributed by atoms with Crippen LogP contribution in [-0.4, -0.2) is 96.7 Å². The van der Waals surface area contributed by atoms with E-state index in [1.165, 1.54) is 270 Å². The molecule has 0 aromatic rings. The van der Waals surface area contributed by atoms with E-state index in [0.29, 0.717) is 25.7 Å². The van der Waals surface area contributed by atoms with Gasteiger partial charge in [-0.1, -0.05) is 387 Å². The van der Waals surface area contributed by atoms with Crippen molar-refractivity contribution < 1.29 is 80.2 Å². The van der Waals surface area contributed by atoms with Crippen molar-refractivity contribution in [3.63, 3.8) is 0 Å². The minimum Gasteiger partial charge on any atom is -0.462 e. The molecule has 19 heteroatoms. The topological polar surface area (TPSA) is 237 Å². The number of ether oxygens (including phenoxy) is 4. The maximum atomic E-state index is 13.1. The second kappa shape index (κ2) is 75.3. The number of aliphatic hydroxyl groups is 1. The van der Waals surface area contributed by atoms with Crippen molar-refractivity contribution in [2.24, 2.45) is 0 Å². The standard InChI is InChI=1S/C81H158O17P2/c1-5-9-13-17-21-25-28-31-34-36-38-39-41-43-46-49-52-56-60-64-68-81(86)98-77(72-92-79(84)66-62-58-54-50-47-45-42-40-37-35-32-29-26-22-18-14-10-6-2)74-96-100(89,90)94-70-75(82)69-93-99(87,88)95-73-76(71-91-78(83)65-61-57-53-24-20-16-12-8-4)97-80(85)67-63-59-55-51-48-44-33-30-27-23-19-15-11-7-3/h75-77,82H,5-74H2,1-4H3,(H,87,88)(H,89,90)/t75-,76+,77+/m0/s1. The Bertz CT molecular complexity index is 1890. The number of esters is 4. The van der Waals surface area contributed by atoms with Crippen LogP contribution in [0.5, 0.6) is 0 Å². The molecule has 0 aromatic heterocycles. The molecule has 2 unspecified atom stereocenters. The molecule has 0 saturated heterocycles. The van der Waals surface area contributed by atoms with Crippen LogP contribution >= 0.6 is 15.6 Å². The summed E-state index contributed by atoms with van der Waals surface area (Å²) in [4.78, 5) is 72.9. The van der Waals surface area contributed by atoms with Crippen LogP contribution in [0.2, 0.25) is 0 Å². The van der Waals surface area contributed by atoms with Crippen LogP contribution in [0.3, 0.4) is 0 Å². The quantitative estimate of drug-likeness (QED) is 0.0222. The third-order valence-electron chi connectivity index (χ3n) is 19.1. The first kappa shape index (κ1) is 98.1. The predicted octanol–water partition coefficient (Wildman–Crippen LogP) is 24.6. The van der Waals surface area contributed by atoms with Crippen molar-refractivity contribution in [2.75, 3.05) is 39.6 Å². The summed E-state index contributed by atoms with van der Waals surface area (Å²) in [6.07, 6.45) is 68.1. The third-order valence-corrected chi connectivity index (χ3v) is 21.0. The van der Waals surface area contributed by atoms with Gasteiger partial charge in [0.1, 0.15) is 19.3 Å². The zero-order chi connectivity index (χ0) is 73.2. The second-order valence-electron chi connectivity index (χ2n) is 29.2. The molecular formula is C81H158O17P2. The van der Waals surface area contributed by atoms with Crippen molar-refractivity contribution >= 4 is 39.5 Å². The Balaban J connectivity index is 5.19. The molecule has 0 spiro atoms. The summed E-state index contributed by atoms with van der Waals surface area (Å²) >= 11 is 0. The van der Waals surface area contributed by atoms with E-state index in [9.17, 15) is 43.2 Å². The smallest absolute Gasteiger partial charge is 0.462 e. The number of hydrogen-bond donors (Lipinski definition) is 3. The minimum absolute atomic E-state index is 0.108. The zero-order valence-corrected chi connectivity index (χ0v) is 67.0. The largest absolute Gasteiger partial charge is 0.472 e. The summed E-state index contributed by atoms with van der Waals surface area (Å²) in [6.45, 7) is 5.00. The van der Waals surface area contributed by atoms with Crippen LogP contribution in [0.25, 0.3) is 0 Å². The van der Waals surface area contributed by atoms with Crippen molar-refractivity contribution in [3.05, 3.63) is 0 Å². The number of rotatable bonds is 82. The molecular weight excluding hydrogens is 1310 g/mol. The number of unbranched alkanes of at least 4 members (excludes halogenated alkanes) is 56. The fraction of sp³-hybridized carbons (Fsp3) is 0.951. The van der Waals surface area contributed by atoms with Gasteiger partial charge in [0.2, 0.25) is 0 Å². The molecule has 100 heavy (non-hydrogen) atoms. The van der Waals surface area contributed by atoms with Gasteiger partial charge < -0.3 is 33.8 Å². The maximum Gasteiger partial charge on any atom is 0.472 e. The van der Waals surface area contributed by atoms with Gasteiger partial charge in [0.25, 0.3) is 0 Å². The summed E-state index contributed by atoms with van der Waals surface area (Å²) in [6, 6.07) is 0. The molecule has 5 atom stereocenters. The van der Waals surface area contributed by atoms with Crippen LogP contribution in [0.15, 0.2) is 0 Å². The molecule has 0 fully saturated rings. The number of aliphatic hydroxyl groups excluding tert-OH is 1. The molecule has 0 rings (SSSR count). The minimum atomic E-state index is -4.96. The van der Waals surface area contributed by atoms with Gasteiger partial charge in [-0.2, -0.15) is 0 Å². The van der Waals surface area contributed by atoms with Crippen LogP contribution in [0.4, 0.5) is 0 Å². The average molecular weight is 1470 g/mol. The fourth-order valence-corrected chi connectivity index (χ4v) is 14.2. The molecule has 594 valence electrons. The van der Waals surface area contributed by atoms with Crippen LogP contribution < -0.4 is 0 Å². The van der Waals surface area contributed by atoms with Gasteiger partial charge in [0.05, 0.1) is 26.4 Å². The Morgan fingerprint density at radius 1 is 0.240 bits per heavy atom. The lowest BCUT2D eigenvalue weighted by molar-refractivity contribution is -0.161. The highest BCUT2D eigenvalue weighted by Gasteiger charge is 2.30. The number of carbonyl (C=O) groups is 4. The first-order valence-electron chi connectivity index (χ1n) is 42.3. The van der Waals surface area contributed by atoms with E-state index < -0.39 is 97.5 Å². The maximum absolute atomic E-state index is 13.1. The Morgan fingerprint density at radius 2 is 0.400 bits per heavy atom. The molecule has 0 aliphatic carbocycles. The lowest BCUT2D eigenvalue weighted by Gasteiger charge is -2.21. The Kier molecular flexibility index (Phi) is 73.8. The molecule has 0 amide bonds. The molecule has 0 bridgehead atoms. The first-order chi connectivity index (χ1) is 48.7. The van der Waals surface area contributed by atoms with Crippen molar-refractivity contribution in [1.82, 2.24) is 0 Å². The van der Waals surface area contributed by atoms with Crippen molar-refractivity contribution in [2.45, 2.75) is 457 Å². The highest BCUT2D eigenvalue weighted by Crippen LogP contribution is 2.45. The molecule has 0 aromatic carbocycles. The van der Waals surface area contributed by atoms with E-state index in [0.717, 1.165) is 89.9 Å². The molecule has 0 radical (unpaired) electrons. The van der Waals surface area contributed by atoms with Gasteiger partial charge in [0, 0.05) is 25.7 Å². The van der Waals surface area contributed by atoms with Gasteiger partial charge in [-0.3, -0.25) is 37.3 Å². The lowest BCUT2D eigenvalue weighted by atomic mass is 10.0. The number of carbonyl (C=O) groups excluding carboxylic acids is 4. The van der Waals surface area contributed by atoms with Gasteiger partial charge in [-0.05, 0) is 25.7 Å². The molecule has 0 aliphatic rings. The Labute approximate surface area is 613 Å². The van der Waals surface area contributed by atoms with Crippen LogP contribution in [0.1, 0.15) is 439 Å². The monoisotopic (exact) mass is 1470 g/mol. The fourth-order valence-electron chi connectivity index (χ4n) is 12.6. The molecule has 0 saturated carbocycles. The van der Waals surface area contributed by atoms with Crippen LogP contribution in [0, 0.1) is 0 Å². The summed E-state index contributed by atoms with van der Waals surface area (Å²) in [5, 5.41) is 10.6. The van der Waals surface area contributed by atoms with Crippen LogP contribution in [-0.2, 0) is 65.4 Å². The summed E-state index contributed by atoms with van der Waals surface area (Å²) < 4.78 is 68.6. The Morgan fingerprint density at radius 3 is 0.590 bits per heavy atom. The van der Waals surface area contributed by atoms with Crippen molar-refractivity contribution in [1.29, 1.82) is 0 Å². The molecule has 3 N–H and O–H groups in total. The molecule has 0 aliphatic heterocycles. The highest BCUT2D eigenvalue weighted by atomic mass is 31.2. The Hall–Kier alpha value is -1.94. The normalized spacial score (nSPS) is 13.8. The number of phosphoric ester groups is 2. The van der Waals surface area contributed by atoms with E-state index in [1.807, 2.05) is 0 Å². The first-order valence-corrected chi connectivity index (χ1v) is 45.3. The molecule has 0 heterocycles. The second-order valence-corrected chi connectivity index (χ2v) is 32.1. The van der Waals surface area contributed by atoms with Crippen molar-refractivity contribution in [3.8, 4) is 0 Å². The third kappa shape index (κ3) is 74.3. The number of phosphoric acid groups is 2. The average Bonchev–Trinajstić information content (AvgIpc) is 0.953. The summed E-state index contributed by atoms with van der Waals surface area (Å²) in [7, 11) is -9.91. The van der Waals surface area contributed by atoms with Gasteiger partial charge in [0.15, 0.2) is 12.2 Å². The SMILES string of the molecule is CCCCCCCCCCCCCCCCCCCCCCC(=O)O[C@H](COC(=O)CCCCCCCCCCCCCCCCCCCC)COP(=O)(O)OC[C@@H](O)COP(=O)(O)OC[C@@H](COC(=O)CCCCCCCCCC)OC(=O)CCCCCCCCCCCCCCCC. The summed E-state index contributed by atoms with van der Waals surface area (Å²) in [5.74, 6) is -2.11. The van der Waals surface area contributed by atoms with E-state index in [2.05, 4.69) is 27.7 Å². The summed E-state index contributed by atoms with van der Waals surface area (Å²) in [5.41, 5.74) is 0.